The van der Waals surface area contributed by atoms with Gasteiger partial charge in [0.15, 0.2) is 0 Å². The number of rotatable bonds is 5. The molecule has 1 aromatic heterocycles. The molecule has 0 radical (unpaired) electrons. The fraction of sp³-hybridized carbons (Fsp3) is 0.292. The van der Waals surface area contributed by atoms with Crippen molar-refractivity contribution >= 4 is 34.0 Å². The standard InChI is InChI=1S/C24H26N4O2/c1-17(29)26-15-18-5-7-19(8-6-18)24(30)27-22-9-10-23(28-13-3-2-4-14-28)20-11-12-25-16-21(20)22/h5-12,16H,2-4,13-15H2,1H3,(H,26,29)(H,27,30). The highest BCUT2D eigenvalue weighted by Crippen LogP contribution is 2.33. The second-order valence-corrected chi connectivity index (χ2v) is 7.66. The van der Waals surface area contributed by atoms with Crippen LogP contribution in [0.15, 0.2) is 54.9 Å². The SMILES string of the molecule is CC(=O)NCc1ccc(C(=O)Nc2ccc(N3CCCCC3)c3ccncc23)cc1. The van der Waals surface area contributed by atoms with E-state index in [2.05, 4.69) is 26.6 Å². The van der Waals surface area contributed by atoms with Crippen molar-refractivity contribution < 1.29 is 9.59 Å². The van der Waals surface area contributed by atoms with E-state index < -0.39 is 0 Å². The lowest BCUT2D eigenvalue weighted by atomic mass is 10.0. The summed E-state index contributed by atoms with van der Waals surface area (Å²) < 4.78 is 0. The predicted molar refractivity (Wildman–Crippen MR) is 120 cm³/mol. The number of hydrogen-bond acceptors (Lipinski definition) is 4. The number of piperidine rings is 1. The van der Waals surface area contributed by atoms with Gasteiger partial charge >= 0.3 is 0 Å². The van der Waals surface area contributed by atoms with Crippen molar-refractivity contribution in [3.63, 3.8) is 0 Å². The molecule has 30 heavy (non-hydrogen) atoms. The Labute approximate surface area is 176 Å². The molecule has 0 bridgehead atoms. The van der Waals surface area contributed by atoms with Crippen LogP contribution in [0.4, 0.5) is 11.4 Å². The van der Waals surface area contributed by atoms with Gasteiger partial charge in [-0.3, -0.25) is 14.6 Å². The largest absolute Gasteiger partial charge is 0.371 e. The van der Waals surface area contributed by atoms with Crippen molar-refractivity contribution in [2.75, 3.05) is 23.3 Å². The number of nitrogens with zero attached hydrogens (tertiary/aromatic N) is 2. The van der Waals surface area contributed by atoms with Crippen LogP contribution in [0.5, 0.6) is 0 Å². The zero-order valence-electron chi connectivity index (χ0n) is 17.1. The summed E-state index contributed by atoms with van der Waals surface area (Å²) in [5.41, 5.74) is 3.47. The number of nitrogens with one attached hydrogen (secondary N) is 2. The van der Waals surface area contributed by atoms with Crippen LogP contribution in [0, 0.1) is 0 Å². The number of benzene rings is 2. The molecule has 6 heteroatoms. The Bertz CT molecular complexity index is 1060. The Kier molecular flexibility index (Phi) is 5.93. The van der Waals surface area contributed by atoms with E-state index >= 15 is 0 Å². The van der Waals surface area contributed by atoms with Gasteiger partial charge in [-0.15, -0.1) is 0 Å². The molecule has 0 unspecified atom stereocenters. The summed E-state index contributed by atoms with van der Waals surface area (Å²) in [4.78, 5) is 30.6. The molecular weight excluding hydrogens is 376 g/mol. The minimum absolute atomic E-state index is 0.0784. The van der Waals surface area contributed by atoms with Crippen LogP contribution in [-0.4, -0.2) is 29.9 Å². The Balaban J connectivity index is 1.55. The molecule has 6 nitrogen and oxygen atoms in total. The summed E-state index contributed by atoms with van der Waals surface area (Å²) >= 11 is 0. The summed E-state index contributed by atoms with van der Waals surface area (Å²) in [5, 5.41) is 7.83. The topological polar surface area (TPSA) is 74.3 Å². The summed E-state index contributed by atoms with van der Waals surface area (Å²) in [5.74, 6) is -0.248. The Morgan fingerprint density at radius 3 is 2.47 bits per heavy atom. The number of hydrogen-bond donors (Lipinski definition) is 2. The lowest BCUT2D eigenvalue weighted by Gasteiger charge is -2.30. The van der Waals surface area contributed by atoms with Crippen molar-refractivity contribution in [2.24, 2.45) is 0 Å². The van der Waals surface area contributed by atoms with Crippen molar-refractivity contribution in [1.29, 1.82) is 0 Å². The molecule has 2 N–H and O–H groups in total. The lowest BCUT2D eigenvalue weighted by Crippen LogP contribution is -2.29. The molecule has 4 rings (SSSR count). The molecule has 2 amide bonds. The normalized spacial score (nSPS) is 13.8. The van der Waals surface area contributed by atoms with Gasteiger partial charge in [-0.2, -0.15) is 0 Å². The van der Waals surface area contributed by atoms with E-state index in [0.717, 1.165) is 35.1 Å². The number of carbonyl (C=O) groups excluding carboxylic acids is 2. The molecule has 1 fully saturated rings. The minimum atomic E-state index is -0.169. The second-order valence-electron chi connectivity index (χ2n) is 7.66. The van der Waals surface area contributed by atoms with Crippen molar-refractivity contribution in [1.82, 2.24) is 10.3 Å². The third kappa shape index (κ3) is 4.43. The van der Waals surface area contributed by atoms with E-state index in [1.165, 1.54) is 31.9 Å². The van der Waals surface area contributed by atoms with Crippen LogP contribution < -0.4 is 15.5 Å². The maximum atomic E-state index is 12.8. The van der Waals surface area contributed by atoms with Gasteiger partial charge in [-0.1, -0.05) is 12.1 Å². The van der Waals surface area contributed by atoms with Gasteiger partial charge in [-0.25, -0.2) is 0 Å². The van der Waals surface area contributed by atoms with Gasteiger partial charge < -0.3 is 15.5 Å². The number of anilines is 2. The van der Waals surface area contributed by atoms with Gasteiger partial charge in [0.2, 0.25) is 5.91 Å². The first-order valence-electron chi connectivity index (χ1n) is 10.4. The average Bonchev–Trinajstić information content (AvgIpc) is 2.79. The predicted octanol–water partition coefficient (Wildman–Crippen LogP) is 4.11. The number of carbonyl (C=O) groups is 2. The van der Waals surface area contributed by atoms with Gasteiger partial charge in [0.1, 0.15) is 0 Å². The first kappa shape index (κ1) is 19.9. The van der Waals surface area contributed by atoms with E-state index in [0.29, 0.717) is 12.1 Å². The molecule has 1 aliphatic rings. The maximum absolute atomic E-state index is 12.8. The van der Waals surface area contributed by atoms with E-state index in [4.69, 9.17) is 0 Å². The Hall–Kier alpha value is -3.41. The lowest BCUT2D eigenvalue weighted by molar-refractivity contribution is -0.119. The van der Waals surface area contributed by atoms with Crippen LogP contribution in [-0.2, 0) is 11.3 Å². The maximum Gasteiger partial charge on any atom is 0.255 e. The molecule has 3 aromatic rings. The molecule has 2 heterocycles. The molecule has 0 spiro atoms. The second kappa shape index (κ2) is 8.95. The third-order valence-corrected chi connectivity index (χ3v) is 5.50. The number of pyridine rings is 1. The van der Waals surface area contributed by atoms with Gasteiger partial charge in [0.05, 0.1) is 5.69 Å². The third-order valence-electron chi connectivity index (χ3n) is 5.50. The highest BCUT2D eigenvalue weighted by atomic mass is 16.2. The molecule has 1 saturated heterocycles. The molecule has 0 atom stereocenters. The summed E-state index contributed by atoms with van der Waals surface area (Å²) in [7, 11) is 0. The zero-order chi connectivity index (χ0) is 20.9. The van der Waals surface area contributed by atoms with Crippen molar-refractivity contribution in [3.05, 3.63) is 66.0 Å². The monoisotopic (exact) mass is 402 g/mol. The van der Waals surface area contributed by atoms with E-state index in [-0.39, 0.29) is 11.8 Å². The molecular formula is C24H26N4O2. The molecule has 0 saturated carbocycles. The smallest absolute Gasteiger partial charge is 0.255 e. The van der Waals surface area contributed by atoms with Gasteiger partial charge in [0.25, 0.3) is 5.91 Å². The Morgan fingerprint density at radius 1 is 0.967 bits per heavy atom. The van der Waals surface area contributed by atoms with Crippen LogP contribution in [0.3, 0.4) is 0 Å². The van der Waals surface area contributed by atoms with Crippen molar-refractivity contribution in [2.45, 2.75) is 32.7 Å². The highest BCUT2D eigenvalue weighted by Gasteiger charge is 2.16. The minimum Gasteiger partial charge on any atom is -0.371 e. The number of aromatic nitrogens is 1. The summed E-state index contributed by atoms with van der Waals surface area (Å²) in [6.07, 6.45) is 7.32. The van der Waals surface area contributed by atoms with E-state index in [1.54, 1.807) is 18.3 Å². The highest BCUT2D eigenvalue weighted by molar-refractivity contribution is 6.11. The van der Waals surface area contributed by atoms with Gasteiger partial charge in [0, 0.05) is 61.0 Å². The molecule has 0 aliphatic carbocycles. The van der Waals surface area contributed by atoms with Crippen LogP contribution in [0.25, 0.3) is 10.8 Å². The fourth-order valence-electron chi connectivity index (χ4n) is 3.89. The average molecular weight is 402 g/mol. The fourth-order valence-corrected chi connectivity index (χ4v) is 3.89. The number of amides is 2. The first-order chi connectivity index (χ1) is 14.6. The Morgan fingerprint density at radius 2 is 1.73 bits per heavy atom. The summed E-state index contributed by atoms with van der Waals surface area (Å²) in [6.45, 7) is 4.06. The van der Waals surface area contributed by atoms with Crippen molar-refractivity contribution in [3.8, 4) is 0 Å². The molecule has 1 aliphatic heterocycles. The number of fused-ring (bicyclic) bond motifs is 1. The summed E-state index contributed by atoms with van der Waals surface area (Å²) in [6, 6.07) is 13.3. The van der Waals surface area contributed by atoms with E-state index in [9.17, 15) is 9.59 Å². The molecule has 154 valence electrons. The van der Waals surface area contributed by atoms with Crippen LogP contribution in [0.1, 0.15) is 42.1 Å². The first-order valence-corrected chi connectivity index (χ1v) is 10.4. The van der Waals surface area contributed by atoms with E-state index in [1.807, 2.05) is 30.5 Å². The van der Waals surface area contributed by atoms with Crippen LogP contribution in [0.2, 0.25) is 0 Å². The quantitative estimate of drug-likeness (QED) is 0.673. The molecule has 2 aromatic carbocycles. The van der Waals surface area contributed by atoms with Crippen LogP contribution >= 0.6 is 0 Å². The zero-order valence-corrected chi connectivity index (χ0v) is 17.1. The van der Waals surface area contributed by atoms with Gasteiger partial charge in [-0.05, 0) is 55.2 Å².